The maximum absolute atomic E-state index is 12.5. The molecule has 1 N–H and O–H groups in total. The van der Waals surface area contributed by atoms with Crippen molar-refractivity contribution in [3.05, 3.63) is 59.7 Å². The van der Waals surface area contributed by atoms with E-state index < -0.39 is 6.10 Å². The second-order valence-electron chi connectivity index (χ2n) is 6.64. The molecule has 1 aliphatic heterocycles. The molecule has 2 aromatic carbocycles. The van der Waals surface area contributed by atoms with Gasteiger partial charge in [-0.15, -0.1) is 0 Å². The summed E-state index contributed by atoms with van der Waals surface area (Å²) in [5.41, 5.74) is 2.24. The molecule has 0 saturated heterocycles. The van der Waals surface area contributed by atoms with E-state index in [9.17, 15) is 9.59 Å². The summed E-state index contributed by atoms with van der Waals surface area (Å²) in [6.45, 7) is 0. The lowest BCUT2D eigenvalue weighted by Crippen LogP contribution is -2.32. The normalized spacial score (nSPS) is 18.2. The number of rotatable bonds is 4. The molecule has 4 rings (SSSR count). The van der Waals surface area contributed by atoms with Gasteiger partial charge in [-0.2, -0.15) is 0 Å². The number of carbonyl (C=O) groups is 2. The van der Waals surface area contributed by atoms with Crippen molar-refractivity contribution < 1.29 is 14.3 Å². The fourth-order valence-electron chi connectivity index (χ4n) is 3.11. The van der Waals surface area contributed by atoms with Crippen LogP contribution in [0.25, 0.3) is 0 Å². The summed E-state index contributed by atoms with van der Waals surface area (Å²) >= 11 is 0. The van der Waals surface area contributed by atoms with E-state index in [1.807, 2.05) is 31.3 Å². The zero-order chi connectivity index (χ0) is 17.4. The molecule has 1 heterocycles. The smallest absolute Gasteiger partial charge is 0.265 e. The van der Waals surface area contributed by atoms with E-state index in [1.165, 1.54) is 0 Å². The first-order chi connectivity index (χ1) is 12.1. The largest absolute Gasteiger partial charge is 0.480 e. The van der Waals surface area contributed by atoms with Gasteiger partial charge in [-0.25, -0.2) is 0 Å². The Bertz CT molecular complexity index is 804. The molecule has 1 saturated carbocycles. The first-order valence-corrected chi connectivity index (χ1v) is 8.54. The molecule has 1 atom stereocenters. The van der Waals surface area contributed by atoms with Crippen LogP contribution in [-0.2, 0) is 11.2 Å². The number of hydrogen-bond acceptors (Lipinski definition) is 3. The van der Waals surface area contributed by atoms with Crippen molar-refractivity contribution in [1.29, 1.82) is 0 Å². The van der Waals surface area contributed by atoms with Crippen LogP contribution >= 0.6 is 0 Å². The molecule has 128 valence electrons. The number of fused-ring (bicyclic) bond motifs is 1. The number of carbonyl (C=O) groups excluding carboxylic acids is 2. The van der Waals surface area contributed by atoms with E-state index in [0.29, 0.717) is 23.7 Å². The van der Waals surface area contributed by atoms with E-state index in [1.54, 1.807) is 29.2 Å². The van der Waals surface area contributed by atoms with Gasteiger partial charge in [0.1, 0.15) is 5.75 Å². The Morgan fingerprint density at radius 2 is 1.92 bits per heavy atom. The minimum atomic E-state index is -0.536. The first kappa shape index (κ1) is 15.7. The number of ether oxygens (including phenoxy) is 1. The van der Waals surface area contributed by atoms with Crippen LogP contribution in [0.2, 0.25) is 0 Å². The Kier molecular flexibility index (Phi) is 3.92. The quantitative estimate of drug-likeness (QED) is 0.934. The van der Waals surface area contributed by atoms with Gasteiger partial charge in [-0.05, 0) is 42.7 Å². The van der Waals surface area contributed by atoms with E-state index in [2.05, 4.69) is 5.32 Å². The molecular weight excluding hydrogens is 316 g/mol. The van der Waals surface area contributed by atoms with Crippen LogP contribution in [0.3, 0.4) is 0 Å². The van der Waals surface area contributed by atoms with Crippen LogP contribution in [0.1, 0.15) is 28.8 Å². The lowest BCUT2D eigenvalue weighted by molar-refractivity contribution is -0.122. The van der Waals surface area contributed by atoms with Gasteiger partial charge in [0.2, 0.25) is 0 Å². The lowest BCUT2D eigenvalue weighted by Gasteiger charge is -2.17. The summed E-state index contributed by atoms with van der Waals surface area (Å²) in [5, 5.41) is 2.86. The van der Waals surface area contributed by atoms with Gasteiger partial charge in [-0.1, -0.05) is 24.3 Å². The number of hydrogen-bond donors (Lipinski definition) is 1. The molecule has 2 amide bonds. The third-order valence-corrected chi connectivity index (χ3v) is 4.73. The van der Waals surface area contributed by atoms with Crippen LogP contribution in [-0.4, -0.2) is 35.9 Å². The number of amides is 2. The highest BCUT2D eigenvalue weighted by Gasteiger charge is 2.31. The minimum absolute atomic E-state index is 0.0110. The van der Waals surface area contributed by atoms with E-state index >= 15 is 0 Å². The van der Waals surface area contributed by atoms with Crippen molar-refractivity contribution in [1.82, 2.24) is 4.90 Å². The van der Waals surface area contributed by atoms with Gasteiger partial charge in [0.15, 0.2) is 6.10 Å². The van der Waals surface area contributed by atoms with E-state index in [-0.39, 0.29) is 11.8 Å². The molecule has 0 aromatic heterocycles. The Labute approximate surface area is 146 Å². The molecule has 0 radical (unpaired) electrons. The molecule has 5 nitrogen and oxygen atoms in total. The average Bonchev–Trinajstić information content (AvgIpc) is 3.38. The topological polar surface area (TPSA) is 58.6 Å². The third kappa shape index (κ3) is 3.22. The fraction of sp³-hybridized carbons (Fsp3) is 0.300. The summed E-state index contributed by atoms with van der Waals surface area (Å²) < 4.78 is 5.71. The van der Waals surface area contributed by atoms with E-state index in [0.717, 1.165) is 24.2 Å². The number of benzene rings is 2. The molecule has 2 aromatic rings. The summed E-state index contributed by atoms with van der Waals surface area (Å²) in [6.07, 6.45) is 2.16. The zero-order valence-electron chi connectivity index (χ0n) is 14.1. The Balaban J connectivity index is 1.43. The average molecular weight is 336 g/mol. The molecule has 25 heavy (non-hydrogen) atoms. The summed E-state index contributed by atoms with van der Waals surface area (Å²) in [6, 6.07) is 15.1. The first-order valence-electron chi connectivity index (χ1n) is 8.54. The number of para-hydroxylation sites is 1. The predicted molar refractivity (Wildman–Crippen MR) is 94.7 cm³/mol. The van der Waals surface area contributed by atoms with Crippen molar-refractivity contribution in [2.24, 2.45) is 0 Å². The molecule has 0 bridgehead atoms. The maximum Gasteiger partial charge on any atom is 0.265 e. The Morgan fingerprint density at radius 1 is 1.12 bits per heavy atom. The highest BCUT2D eigenvalue weighted by atomic mass is 16.5. The van der Waals surface area contributed by atoms with Gasteiger partial charge >= 0.3 is 0 Å². The number of anilines is 1. The zero-order valence-corrected chi connectivity index (χ0v) is 14.1. The van der Waals surface area contributed by atoms with Crippen LogP contribution in [0.15, 0.2) is 48.5 Å². The van der Waals surface area contributed by atoms with Gasteiger partial charge in [0.25, 0.3) is 11.8 Å². The van der Waals surface area contributed by atoms with Crippen LogP contribution < -0.4 is 10.1 Å². The third-order valence-electron chi connectivity index (χ3n) is 4.73. The molecule has 1 fully saturated rings. The van der Waals surface area contributed by atoms with Gasteiger partial charge < -0.3 is 15.0 Å². The summed E-state index contributed by atoms with van der Waals surface area (Å²) in [5.74, 6) is 0.553. The molecule has 2 aliphatic rings. The molecule has 1 aliphatic carbocycles. The van der Waals surface area contributed by atoms with Gasteiger partial charge in [0, 0.05) is 30.8 Å². The van der Waals surface area contributed by atoms with Gasteiger partial charge in [0.05, 0.1) is 0 Å². The minimum Gasteiger partial charge on any atom is -0.480 e. The molecule has 1 unspecified atom stereocenters. The second kappa shape index (κ2) is 6.24. The monoisotopic (exact) mass is 336 g/mol. The van der Waals surface area contributed by atoms with Gasteiger partial charge in [-0.3, -0.25) is 9.59 Å². The molecule has 5 heteroatoms. The van der Waals surface area contributed by atoms with Crippen LogP contribution in [0, 0.1) is 0 Å². The predicted octanol–water partition coefficient (Wildman–Crippen LogP) is 2.86. The molecular formula is C20H20N2O3. The fourth-order valence-corrected chi connectivity index (χ4v) is 3.11. The van der Waals surface area contributed by atoms with E-state index in [4.69, 9.17) is 4.74 Å². The number of nitrogens with one attached hydrogen (secondary N) is 1. The Morgan fingerprint density at radius 3 is 2.68 bits per heavy atom. The van der Waals surface area contributed by atoms with Crippen LogP contribution in [0.4, 0.5) is 5.69 Å². The molecule has 0 spiro atoms. The Hall–Kier alpha value is -2.82. The lowest BCUT2D eigenvalue weighted by atomic mass is 10.1. The summed E-state index contributed by atoms with van der Waals surface area (Å²) in [4.78, 5) is 26.7. The van der Waals surface area contributed by atoms with Crippen molar-refractivity contribution in [2.45, 2.75) is 31.4 Å². The highest BCUT2D eigenvalue weighted by molar-refractivity contribution is 5.98. The highest BCUT2D eigenvalue weighted by Crippen LogP contribution is 2.29. The van der Waals surface area contributed by atoms with Crippen molar-refractivity contribution in [2.75, 3.05) is 12.4 Å². The SMILES string of the molecule is CN(C(=O)c1cccc(NC(=O)C2Cc3ccccc3O2)c1)C1CC1. The van der Waals surface area contributed by atoms with Crippen LogP contribution in [0.5, 0.6) is 5.75 Å². The summed E-state index contributed by atoms with van der Waals surface area (Å²) in [7, 11) is 1.83. The maximum atomic E-state index is 12.5. The standard InChI is InChI=1S/C20H20N2O3/c1-22(16-9-10-16)20(24)14-6-4-7-15(11-14)21-19(23)18-12-13-5-2-3-8-17(13)25-18/h2-8,11,16,18H,9-10,12H2,1H3,(H,21,23). The second-order valence-corrected chi connectivity index (χ2v) is 6.64. The van der Waals surface area contributed by atoms with Crippen molar-refractivity contribution >= 4 is 17.5 Å². The van der Waals surface area contributed by atoms with Crippen molar-refractivity contribution in [3.63, 3.8) is 0 Å². The number of nitrogens with zero attached hydrogens (tertiary/aromatic N) is 1. The van der Waals surface area contributed by atoms with Crippen molar-refractivity contribution in [3.8, 4) is 5.75 Å².